The third kappa shape index (κ3) is 5.60. The highest BCUT2D eigenvalue weighted by Gasteiger charge is 2.58. The van der Waals surface area contributed by atoms with E-state index in [4.69, 9.17) is 10.5 Å². The van der Waals surface area contributed by atoms with Crippen LogP contribution in [0.5, 0.6) is 0 Å². The summed E-state index contributed by atoms with van der Waals surface area (Å²) in [5, 5.41) is 2.86. The first-order valence-electron chi connectivity index (χ1n) is 15.5. The summed E-state index contributed by atoms with van der Waals surface area (Å²) in [6.07, 6.45) is 0.0846. The zero-order chi connectivity index (χ0) is 33.8. The largest absolute Gasteiger partial charge is 0.378 e. The molecule has 14 heteroatoms. The van der Waals surface area contributed by atoms with Crippen LogP contribution in [0.1, 0.15) is 53.1 Å². The summed E-state index contributed by atoms with van der Waals surface area (Å²) in [5.74, 6) is -4.45. The Morgan fingerprint density at radius 2 is 1.83 bits per heavy atom. The molecule has 0 saturated carbocycles. The maximum Gasteiger partial charge on any atom is 0.270 e. The van der Waals surface area contributed by atoms with Crippen LogP contribution in [-0.2, 0) is 24.5 Å². The summed E-state index contributed by atoms with van der Waals surface area (Å²) < 4.78 is 33.6. The molecule has 47 heavy (non-hydrogen) atoms. The third-order valence-corrected chi connectivity index (χ3v) is 9.38. The number of carbonyl (C=O) groups excluding carboxylic acids is 5. The SMILES string of the molecule is CC(C)C[C@@H](C(=O)N1C[C@]2(C[C@H]1C(N)=O)C(=O)Nc1ccc(C(=O)N3CCOCC3)cc12)N(C)C(=O)c1cc2c(F)cc(F)cc2[nH]1. The highest BCUT2D eigenvalue weighted by molar-refractivity contribution is 6.09. The van der Waals surface area contributed by atoms with Gasteiger partial charge in [-0.2, -0.15) is 0 Å². The summed E-state index contributed by atoms with van der Waals surface area (Å²) in [5.41, 5.74) is 5.81. The van der Waals surface area contributed by atoms with E-state index in [2.05, 4.69) is 10.3 Å². The van der Waals surface area contributed by atoms with Crippen LogP contribution in [0.2, 0.25) is 0 Å². The number of benzene rings is 2. The van der Waals surface area contributed by atoms with Gasteiger partial charge in [0, 0.05) is 49.4 Å². The van der Waals surface area contributed by atoms with Gasteiger partial charge in [0.05, 0.1) is 24.1 Å². The minimum absolute atomic E-state index is 0.0162. The van der Waals surface area contributed by atoms with Crippen LogP contribution in [0.15, 0.2) is 36.4 Å². The number of rotatable bonds is 7. The molecule has 3 aliphatic rings. The van der Waals surface area contributed by atoms with E-state index in [0.717, 1.165) is 6.07 Å². The molecule has 0 unspecified atom stereocenters. The molecule has 3 atom stereocenters. The number of likely N-dealkylation sites (tertiary alicyclic amines) is 1. The summed E-state index contributed by atoms with van der Waals surface area (Å²) in [6.45, 7) is 5.22. The van der Waals surface area contributed by atoms with Crippen molar-refractivity contribution in [2.45, 2.75) is 44.2 Å². The van der Waals surface area contributed by atoms with E-state index in [-0.39, 0.29) is 47.8 Å². The van der Waals surface area contributed by atoms with Gasteiger partial charge in [0.25, 0.3) is 11.8 Å². The van der Waals surface area contributed by atoms with Crippen molar-refractivity contribution in [3.05, 3.63) is 64.9 Å². The van der Waals surface area contributed by atoms with Crippen LogP contribution in [0.3, 0.4) is 0 Å². The van der Waals surface area contributed by atoms with Crippen LogP contribution >= 0.6 is 0 Å². The lowest BCUT2D eigenvalue weighted by Gasteiger charge is -2.33. The average Bonchev–Trinajstić information content (AvgIpc) is 3.73. The number of hydrogen-bond donors (Lipinski definition) is 3. The number of aromatic nitrogens is 1. The first-order chi connectivity index (χ1) is 22.3. The number of nitrogens with two attached hydrogens (primary N) is 1. The Morgan fingerprint density at radius 3 is 2.51 bits per heavy atom. The standard InChI is InChI=1S/C33H36F2N6O6/c1-17(2)10-26(39(3)30(44)25-14-20-22(35)12-19(34)13-24(20)37-25)31(45)41-16-33(15-27(41)28(36)42)21-11-18(4-5-23(21)38-32(33)46)29(43)40-6-8-47-9-7-40/h4-5,11-14,17,26-27,37H,6-10,15-16H2,1-3H3,(H2,36,42)(H,38,46)/t26-,27-,33-/m0/s1. The fourth-order valence-electron chi connectivity index (χ4n) is 6.92. The maximum atomic E-state index is 14.4. The normalized spacial score (nSPS) is 21.3. The molecule has 5 amide bonds. The van der Waals surface area contributed by atoms with E-state index in [9.17, 15) is 32.8 Å². The van der Waals surface area contributed by atoms with Gasteiger partial charge in [-0.05, 0) is 54.7 Å². The minimum Gasteiger partial charge on any atom is -0.378 e. The number of aromatic amines is 1. The number of carbonyl (C=O) groups is 5. The van der Waals surface area contributed by atoms with Crippen molar-refractivity contribution in [2.75, 3.05) is 45.2 Å². The Kier molecular flexibility index (Phi) is 8.24. The van der Waals surface area contributed by atoms with E-state index in [0.29, 0.717) is 49.2 Å². The summed E-state index contributed by atoms with van der Waals surface area (Å²) in [6, 6.07) is 5.67. The van der Waals surface area contributed by atoms with Crippen LogP contribution in [0.25, 0.3) is 10.9 Å². The van der Waals surface area contributed by atoms with Gasteiger partial charge in [0.15, 0.2) is 0 Å². The lowest BCUT2D eigenvalue weighted by atomic mass is 9.79. The fraction of sp³-hybridized carbons (Fsp3) is 0.424. The number of likely N-dealkylation sites (N-methyl/N-ethyl adjacent to an activating group) is 1. The van der Waals surface area contributed by atoms with Gasteiger partial charge in [0.1, 0.15) is 29.4 Å². The van der Waals surface area contributed by atoms with Crippen molar-refractivity contribution < 1.29 is 37.5 Å². The maximum absolute atomic E-state index is 14.4. The summed E-state index contributed by atoms with van der Waals surface area (Å²) in [7, 11) is 1.42. The van der Waals surface area contributed by atoms with E-state index in [1.807, 2.05) is 13.8 Å². The van der Waals surface area contributed by atoms with Crippen molar-refractivity contribution in [1.82, 2.24) is 19.7 Å². The third-order valence-electron chi connectivity index (χ3n) is 9.38. The molecule has 1 spiro atoms. The Morgan fingerprint density at radius 1 is 1.11 bits per heavy atom. The number of fused-ring (bicyclic) bond motifs is 3. The number of ether oxygens (including phenoxy) is 1. The Hall–Kier alpha value is -4.85. The van der Waals surface area contributed by atoms with Crippen LogP contribution in [0, 0.1) is 17.6 Å². The first-order valence-corrected chi connectivity index (χ1v) is 15.5. The fourth-order valence-corrected chi connectivity index (χ4v) is 6.92. The quantitative estimate of drug-likeness (QED) is 0.356. The first kappa shape index (κ1) is 32.1. The predicted octanol–water partition coefficient (Wildman–Crippen LogP) is 2.38. The highest BCUT2D eigenvalue weighted by Crippen LogP contribution is 2.47. The average molecular weight is 651 g/mol. The second-order valence-corrected chi connectivity index (χ2v) is 12.9. The van der Waals surface area contributed by atoms with Crippen molar-refractivity contribution in [3.8, 4) is 0 Å². The van der Waals surface area contributed by atoms with Crippen molar-refractivity contribution in [3.63, 3.8) is 0 Å². The molecule has 4 N–H and O–H groups in total. The molecule has 12 nitrogen and oxygen atoms in total. The molecule has 4 heterocycles. The number of hydrogen-bond acceptors (Lipinski definition) is 6. The zero-order valence-electron chi connectivity index (χ0n) is 26.3. The molecule has 3 aliphatic heterocycles. The van der Waals surface area contributed by atoms with Crippen molar-refractivity contribution in [2.24, 2.45) is 11.7 Å². The molecule has 2 aromatic carbocycles. The predicted molar refractivity (Wildman–Crippen MR) is 166 cm³/mol. The highest BCUT2D eigenvalue weighted by atomic mass is 19.1. The Labute approximate surface area is 269 Å². The Balaban J connectivity index is 1.32. The lowest BCUT2D eigenvalue weighted by molar-refractivity contribution is -0.141. The molecule has 0 aliphatic carbocycles. The molecule has 0 bridgehead atoms. The van der Waals surface area contributed by atoms with Crippen LogP contribution in [0.4, 0.5) is 14.5 Å². The van der Waals surface area contributed by atoms with Gasteiger partial charge in [0.2, 0.25) is 17.7 Å². The lowest BCUT2D eigenvalue weighted by Crippen LogP contribution is -2.54. The van der Waals surface area contributed by atoms with E-state index >= 15 is 0 Å². The monoisotopic (exact) mass is 650 g/mol. The molecule has 2 fully saturated rings. The second-order valence-electron chi connectivity index (χ2n) is 12.9. The molecule has 6 rings (SSSR count). The zero-order valence-corrected chi connectivity index (χ0v) is 26.3. The van der Waals surface area contributed by atoms with Gasteiger partial charge in [-0.25, -0.2) is 8.78 Å². The summed E-state index contributed by atoms with van der Waals surface area (Å²) in [4.78, 5) is 74.7. The molecule has 2 saturated heterocycles. The molecule has 1 aromatic heterocycles. The van der Waals surface area contributed by atoms with Crippen LogP contribution in [-0.4, -0.2) is 101 Å². The van der Waals surface area contributed by atoms with Gasteiger partial charge in [-0.15, -0.1) is 0 Å². The molecule has 0 radical (unpaired) electrons. The molecular formula is C33H36F2N6O6. The number of anilines is 1. The van der Waals surface area contributed by atoms with E-state index in [1.54, 1.807) is 23.1 Å². The van der Waals surface area contributed by atoms with Gasteiger partial charge < -0.3 is 35.5 Å². The number of nitrogens with zero attached hydrogens (tertiary/aromatic N) is 3. The van der Waals surface area contributed by atoms with Crippen molar-refractivity contribution in [1.29, 1.82) is 0 Å². The van der Waals surface area contributed by atoms with Gasteiger partial charge in [-0.3, -0.25) is 24.0 Å². The van der Waals surface area contributed by atoms with Gasteiger partial charge >= 0.3 is 0 Å². The Bertz CT molecular complexity index is 1800. The molecular weight excluding hydrogens is 614 g/mol. The summed E-state index contributed by atoms with van der Waals surface area (Å²) >= 11 is 0. The number of amides is 5. The second kappa shape index (κ2) is 12.1. The number of H-pyrrole nitrogens is 1. The number of morpholine rings is 1. The minimum atomic E-state index is -1.37. The number of nitrogens with one attached hydrogen (secondary N) is 2. The number of halogens is 2. The van der Waals surface area contributed by atoms with E-state index < -0.39 is 52.8 Å². The van der Waals surface area contributed by atoms with Crippen molar-refractivity contribution >= 4 is 46.1 Å². The smallest absolute Gasteiger partial charge is 0.270 e. The van der Waals surface area contributed by atoms with Gasteiger partial charge in [-0.1, -0.05) is 13.8 Å². The molecule has 248 valence electrons. The topological polar surface area (TPSA) is 158 Å². The van der Waals surface area contributed by atoms with E-state index in [1.165, 1.54) is 22.9 Å². The van der Waals surface area contributed by atoms with Crippen LogP contribution < -0.4 is 11.1 Å². The molecule has 3 aromatic rings. The number of primary amides is 1.